The van der Waals surface area contributed by atoms with Gasteiger partial charge in [-0.05, 0) is 60.7 Å². The average molecular weight is 585 g/mol. The lowest BCUT2D eigenvalue weighted by molar-refractivity contribution is -0.137. The number of rotatable bonds is 4. The second-order valence-corrected chi connectivity index (χ2v) is 9.47. The van der Waals surface area contributed by atoms with E-state index in [1.165, 1.54) is 29.2 Å². The third kappa shape index (κ3) is 4.84. The highest BCUT2D eigenvalue weighted by Gasteiger charge is 2.36. The van der Waals surface area contributed by atoms with Crippen molar-refractivity contribution < 1.29 is 31.5 Å². The molecule has 14 heteroatoms. The van der Waals surface area contributed by atoms with E-state index in [0.29, 0.717) is 29.0 Å². The van der Waals surface area contributed by atoms with E-state index in [4.69, 9.17) is 11.6 Å². The maximum Gasteiger partial charge on any atom is 0.416 e. The number of nitrogens with zero attached hydrogens (tertiary/aromatic N) is 4. The van der Waals surface area contributed by atoms with Crippen LogP contribution in [0.5, 0.6) is 0 Å². The summed E-state index contributed by atoms with van der Waals surface area (Å²) in [6, 6.07) is 10.1. The van der Waals surface area contributed by atoms with E-state index < -0.39 is 46.8 Å². The van der Waals surface area contributed by atoms with Gasteiger partial charge in [0, 0.05) is 38.5 Å². The van der Waals surface area contributed by atoms with Gasteiger partial charge in [0.05, 0.1) is 17.3 Å². The van der Waals surface area contributed by atoms with Crippen molar-refractivity contribution in [3.8, 4) is 11.3 Å². The van der Waals surface area contributed by atoms with Gasteiger partial charge in [-0.25, -0.2) is 13.8 Å². The summed E-state index contributed by atoms with van der Waals surface area (Å²) in [5.41, 5.74) is -0.496. The Kier molecular flexibility index (Phi) is 6.18. The van der Waals surface area contributed by atoms with E-state index in [-0.39, 0.29) is 33.5 Å². The maximum atomic E-state index is 14.2. The van der Waals surface area contributed by atoms with Crippen molar-refractivity contribution in [1.82, 2.24) is 25.1 Å². The number of halogens is 6. The first kappa shape index (κ1) is 26.3. The van der Waals surface area contributed by atoms with Crippen molar-refractivity contribution in [1.29, 1.82) is 0 Å². The molecule has 2 amide bonds. The molecular formula is C27H14ClF5N6O2. The molecule has 1 atom stereocenters. The number of carbonyl (C=O) groups is 2. The highest BCUT2D eigenvalue weighted by atomic mass is 35.5. The van der Waals surface area contributed by atoms with E-state index in [2.05, 4.69) is 25.8 Å². The summed E-state index contributed by atoms with van der Waals surface area (Å²) in [5.74, 6) is -3.58. The Balaban J connectivity index is 1.51. The molecular weight excluding hydrogens is 571 g/mol. The largest absolute Gasteiger partial charge is 0.416 e. The van der Waals surface area contributed by atoms with Crippen LogP contribution >= 0.6 is 11.6 Å². The van der Waals surface area contributed by atoms with Crippen LogP contribution in [-0.4, -0.2) is 31.6 Å². The molecule has 0 unspecified atom stereocenters. The summed E-state index contributed by atoms with van der Waals surface area (Å²) in [7, 11) is 0. The summed E-state index contributed by atoms with van der Waals surface area (Å²) < 4.78 is 69.4. The smallest absolute Gasteiger partial charge is 0.341 e. The van der Waals surface area contributed by atoms with Gasteiger partial charge in [0.25, 0.3) is 11.8 Å². The van der Waals surface area contributed by atoms with Crippen molar-refractivity contribution in [2.75, 3.05) is 5.32 Å². The molecule has 0 radical (unpaired) electrons. The molecule has 6 rings (SSSR count). The molecule has 3 aromatic carbocycles. The topological polar surface area (TPSA) is 101 Å². The number of amides is 2. The number of aromatic nitrogens is 4. The zero-order valence-corrected chi connectivity index (χ0v) is 21.1. The Morgan fingerprint density at radius 3 is 2.59 bits per heavy atom. The van der Waals surface area contributed by atoms with Gasteiger partial charge in [-0.3, -0.25) is 9.59 Å². The van der Waals surface area contributed by atoms with Gasteiger partial charge in [-0.15, -0.1) is 14.8 Å². The molecule has 8 nitrogen and oxygen atoms in total. The second kappa shape index (κ2) is 9.63. The summed E-state index contributed by atoms with van der Waals surface area (Å²) in [6.45, 7) is 0. The Labute approximate surface area is 231 Å². The van der Waals surface area contributed by atoms with Crippen molar-refractivity contribution in [2.45, 2.75) is 12.2 Å². The molecule has 0 aliphatic carbocycles. The summed E-state index contributed by atoms with van der Waals surface area (Å²) in [4.78, 5) is 30.3. The summed E-state index contributed by atoms with van der Waals surface area (Å²) >= 11 is 6.31. The molecule has 0 spiro atoms. The monoisotopic (exact) mass is 584 g/mol. The lowest BCUT2D eigenvalue weighted by Gasteiger charge is -2.19. The minimum absolute atomic E-state index is 0.0236. The van der Waals surface area contributed by atoms with Gasteiger partial charge in [0.1, 0.15) is 18.0 Å². The lowest BCUT2D eigenvalue weighted by Crippen LogP contribution is -2.21. The molecule has 1 aliphatic rings. The lowest BCUT2D eigenvalue weighted by atomic mass is 9.93. The Morgan fingerprint density at radius 2 is 1.80 bits per heavy atom. The highest BCUT2D eigenvalue weighted by molar-refractivity contribution is 6.31. The molecule has 3 heterocycles. The number of carbonyl (C=O) groups excluding carboxylic acids is 2. The van der Waals surface area contributed by atoms with Crippen LogP contribution in [0.3, 0.4) is 0 Å². The predicted molar refractivity (Wildman–Crippen MR) is 136 cm³/mol. The molecule has 41 heavy (non-hydrogen) atoms. The van der Waals surface area contributed by atoms with Crippen LogP contribution < -0.4 is 10.6 Å². The van der Waals surface area contributed by atoms with Crippen molar-refractivity contribution in [3.05, 3.63) is 111 Å². The molecule has 2 N–H and O–H groups in total. The molecule has 206 valence electrons. The molecule has 0 saturated carbocycles. The molecule has 5 aromatic rings. The van der Waals surface area contributed by atoms with Crippen LogP contribution in [0.4, 0.5) is 27.6 Å². The van der Waals surface area contributed by atoms with E-state index in [9.17, 15) is 31.5 Å². The van der Waals surface area contributed by atoms with Gasteiger partial charge in [0.2, 0.25) is 0 Å². The average Bonchev–Trinajstić information content (AvgIpc) is 3.53. The standard InChI is InChI=1S/C27H14ClF5N6O2/c28-19-2-1-15(29)10-17(19)24-23-18(26(41)37-24)7-12(20-3-4-22-34-11-35-39(22)38-20)8-21(23)36-25(40)13-5-14(27(31,32)33)9-16(30)6-13/h1-11,24H,(H,36,40)(H,37,41)/t24-/m1/s1. The normalized spacial score (nSPS) is 14.7. The summed E-state index contributed by atoms with van der Waals surface area (Å²) in [5, 5.41) is 13.6. The molecule has 0 bridgehead atoms. The Bertz CT molecular complexity index is 1890. The van der Waals surface area contributed by atoms with Gasteiger partial charge in [0.15, 0.2) is 5.65 Å². The second-order valence-electron chi connectivity index (χ2n) is 9.06. The molecule has 2 aromatic heterocycles. The van der Waals surface area contributed by atoms with E-state index in [1.807, 2.05) is 0 Å². The number of hydrogen-bond donors (Lipinski definition) is 2. The maximum absolute atomic E-state index is 14.2. The fourth-order valence-corrected chi connectivity index (χ4v) is 4.83. The van der Waals surface area contributed by atoms with Crippen LogP contribution in [0.15, 0.2) is 67.0 Å². The Morgan fingerprint density at radius 1 is 1.00 bits per heavy atom. The van der Waals surface area contributed by atoms with Gasteiger partial charge in [-0.2, -0.15) is 13.2 Å². The Hall–Kier alpha value is -4.91. The van der Waals surface area contributed by atoms with Crippen LogP contribution in [0.1, 0.15) is 43.4 Å². The third-order valence-electron chi connectivity index (χ3n) is 6.44. The fraction of sp³-hybridized carbons (Fsp3) is 0.0741. The first-order chi connectivity index (χ1) is 19.5. The van der Waals surface area contributed by atoms with E-state index >= 15 is 0 Å². The van der Waals surface area contributed by atoms with Crippen LogP contribution in [0.25, 0.3) is 16.9 Å². The highest BCUT2D eigenvalue weighted by Crippen LogP contribution is 2.42. The van der Waals surface area contributed by atoms with Crippen molar-refractivity contribution in [3.63, 3.8) is 0 Å². The summed E-state index contributed by atoms with van der Waals surface area (Å²) in [6.07, 6.45) is -3.62. The number of nitrogens with one attached hydrogen (secondary N) is 2. The fourth-order valence-electron chi connectivity index (χ4n) is 4.61. The molecule has 0 saturated heterocycles. The number of hydrogen-bond acceptors (Lipinski definition) is 5. The van der Waals surface area contributed by atoms with Crippen molar-refractivity contribution >= 4 is 34.7 Å². The number of fused-ring (bicyclic) bond motifs is 2. The zero-order chi connectivity index (χ0) is 29.1. The minimum Gasteiger partial charge on any atom is -0.341 e. The van der Waals surface area contributed by atoms with Gasteiger partial charge < -0.3 is 10.6 Å². The van der Waals surface area contributed by atoms with E-state index in [1.54, 1.807) is 12.1 Å². The number of alkyl halides is 3. The van der Waals surface area contributed by atoms with E-state index in [0.717, 1.165) is 12.1 Å². The quantitative estimate of drug-likeness (QED) is 0.259. The van der Waals surface area contributed by atoms with Crippen LogP contribution in [0.2, 0.25) is 5.02 Å². The first-order valence-corrected chi connectivity index (χ1v) is 12.2. The SMILES string of the molecule is O=C(Nc1cc(-c2ccc3ncnn3n2)cc2c1[C@@H](c1cc(F)ccc1Cl)NC2=O)c1cc(F)cc(C(F)(F)F)c1. The van der Waals surface area contributed by atoms with Gasteiger partial charge >= 0.3 is 6.18 Å². The number of anilines is 1. The third-order valence-corrected chi connectivity index (χ3v) is 6.78. The molecule has 1 aliphatic heterocycles. The predicted octanol–water partition coefficient (Wildman–Crippen LogP) is 5.83. The van der Waals surface area contributed by atoms with Crippen LogP contribution in [-0.2, 0) is 6.18 Å². The molecule has 0 fully saturated rings. The van der Waals surface area contributed by atoms with Gasteiger partial charge in [-0.1, -0.05) is 11.6 Å². The first-order valence-electron chi connectivity index (χ1n) is 11.8. The van der Waals surface area contributed by atoms with Crippen molar-refractivity contribution in [2.24, 2.45) is 0 Å². The zero-order valence-electron chi connectivity index (χ0n) is 20.3. The van der Waals surface area contributed by atoms with Crippen LogP contribution in [0, 0.1) is 11.6 Å². The minimum atomic E-state index is -4.90. The number of benzene rings is 3.